The van der Waals surface area contributed by atoms with Gasteiger partial charge in [0.1, 0.15) is 0 Å². The number of hydrogen-bond acceptors (Lipinski definition) is 4. The monoisotopic (exact) mass is 275 g/mol. The van der Waals surface area contributed by atoms with Gasteiger partial charge in [0.15, 0.2) is 0 Å². The third-order valence-corrected chi connectivity index (χ3v) is 3.39. The molecule has 1 heterocycles. The lowest BCUT2D eigenvalue weighted by Gasteiger charge is -2.17. The minimum atomic E-state index is -0.0967. The number of hydrogen-bond donors (Lipinski definition) is 2. The Balaban J connectivity index is 2.11. The van der Waals surface area contributed by atoms with Crippen molar-refractivity contribution in [2.45, 2.75) is 19.5 Å². The summed E-state index contributed by atoms with van der Waals surface area (Å²) in [4.78, 5) is 0. The second-order valence-electron chi connectivity index (χ2n) is 4.72. The lowest BCUT2D eigenvalue weighted by molar-refractivity contribution is 0.243. The molecular weight excluding hydrogens is 254 g/mol. The first-order valence-corrected chi connectivity index (χ1v) is 6.63. The Hall–Kier alpha value is -1.85. The molecule has 1 aromatic heterocycles. The summed E-state index contributed by atoms with van der Waals surface area (Å²) >= 11 is 0. The molecule has 5 nitrogen and oxygen atoms in total. The van der Waals surface area contributed by atoms with Crippen molar-refractivity contribution in [3.63, 3.8) is 0 Å². The van der Waals surface area contributed by atoms with E-state index < -0.39 is 0 Å². The number of ether oxygens (including phenoxy) is 1. The van der Waals surface area contributed by atoms with Crippen LogP contribution in [-0.4, -0.2) is 28.6 Å². The molecule has 0 fully saturated rings. The standard InChI is InChI=1S/C15H21N3O2/c1-11-13(15(20-3)18(2)17-11)9-16-14(10-19)12-7-5-4-6-8-12/h4-8,14,16,19H,9-10H2,1-3H3/t14-/m1/s1. The van der Waals surface area contributed by atoms with Crippen LogP contribution in [0.25, 0.3) is 0 Å². The molecule has 0 spiro atoms. The van der Waals surface area contributed by atoms with Crippen LogP contribution >= 0.6 is 0 Å². The second kappa shape index (κ2) is 6.54. The van der Waals surface area contributed by atoms with Gasteiger partial charge in [-0.1, -0.05) is 30.3 Å². The molecule has 0 aliphatic rings. The van der Waals surface area contributed by atoms with Gasteiger partial charge >= 0.3 is 0 Å². The van der Waals surface area contributed by atoms with E-state index in [1.807, 2.05) is 44.3 Å². The highest BCUT2D eigenvalue weighted by molar-refractivity contribution is 5.31. The summed E-state index contributed by atoms with van der Waals surface area (Å²) in [6, 6.07) is 9.81. The summed E-state index contributed by atoms with van der Waals surface area (Å²) in [6.07, 6.45) is 0. The van der Waals surface area contributed by atoms with Crippen LogP contribution in [0.5, 0.6) is 5.88 Å². The zero-order valence-corrected chi connectivity index (χ0v) is 12.1. The van der Waals surface area contributed by atoms with E-state index in [1.165, 1.54) is 0 Å². The highest BCUT2D eigenvalue weighted by Gasteiger charge is 2.16. The zero-order valence-electron chi connectivity index (χ0n) is 12.1. The quantitative estimate of drug-likeness (QED) is 0.840. The predicted octanol–water partition coefficient (Wildman–Crippen LogP) is 1.56. The summed E-state index contributed by atoms with van der Waals surface area (Å²) in [6.45, 7) is 2.60. The van der Waals surface area contributed by atoms with E-state index in [4.69, 9.17) is 4.74 Å². The fourth-order valence-electron chi connectivity index (χ4n) is 2.34. The third-order valence-electron chi connectivity index (χ3n) is 3.39. The first-order chi connectivity index (χ1) is 9.67. The zero-order chi connectivity index (χ0) is 14.5. The van der Waals surface area contributed by atoms with Crippen LogP contribution in [0.4, 0.5) is 0 Å². The van der Waals surface area contributed by atoms with Gasteiger partial charge in [-0.3, -0.25) is 0 Å². The molecule has 108 valence electrons. The van der Waals surface area contributed by atoms with Crippen LogP contribution in [0.15, 0.2) is 30.3 Å². The number of aliphatic hydroxyl groups excluding tert-OH is 1. The number of aliphatic hydroxyl groups is 1. The molecule has 2 N–H and O–H groups in total. The Bertz CT molecular complexity index is 552. The van der Waals surface area contributed by atoms with Gasteiger partial charge in [-0.15, -0.1) is 0 Å². The maximum absolute atomic E-state index is 9.54. The molecule has 2 aromatic rings. The van der Waals surface area contributed by atoms with Crippen LogP contribution in [0, 0.1) is 6.92 Å². The lowest BCUT2D eigenvalue weighted by Crippen LogP contribution is -2.24. The molecule has 0 amide bonds. The van der Waals surface area contributed by atoms with Crippen LogP contribution in [0.1, 0.15) is 22.9 Å². The number of rotatable bonds is 6. The van der Waals surface area contributed by atoms with E-state index in [0.717, 1.165) is 22.7 Å². The summed E-state index contributed by atoms with van der Waals surface area (Å²) in [7, 11) is 3.50. The van der Waals surface area contributed by atoms with Crippen molar-refractivity contribution in [1.82, 2.24) is 15.1 Å². The Kier molecular flexibility index (Phi) is 4.76. The van der Waals surface area contributed by atoms with E-state index in [1.54, 1.807) is 11.8 Å². The molecule has 5 heteroatoms. The predicted molar refractivity (Wildman–Crippen MR) is 77.6 cm³/mol. The van der Waals surface area contributed by atoms with Crippen molar-refractivity contribution in [3.05, 3.63) is 47.2 Å². The first kappa shape index (κ1) is 14.6. The summed E-state index contributed by atoms with van der Waals surface area (Å²) in [5.41, 5.74) is 3.02. The molecule has 1 aromatic carbocycles. The van der Waals surface area contributed by atoms with Crippen molar-refractivity contribution < 1.29 is 9.84 Å². The van der Waals surface area contributed by atoms with Gasteiger partial charge in [-0.05, 0) is 12.5 Å². The van der Waals surface area contributed by atoms with Gasteiger partial charge in [0.2, 0.25) is 5.88 Å². The van der Waals surface area contributed by atoms with Gasteiger partial charge in [0.25, 0.3) is 0 Å². The largest absolute Gasteiger partial charge is 0.481 e. The van der Waals surface area contributed by atoms with Crippen LogP contribution < -0.4 is 10.1 Å². The molecule has 0 aliphatic heterocycles. The Morgan fingerprint density at radius 3 is 2.65 bits per heavy atom. The number of nitrogens with zero attached hydrogens (tertiary/aromatic N) is 2. The average Bonchev–Trinajstić information content (AvgIpc) is 2.74. The number of aryl methyl sites for hydroxylation is 2. The maximum Gasteiger partial charge on any atom is 0.216 e. The molecule has 0 bridgehead atoms. The fourth-order valence-corrected chi connectivity index (χ4v) is 2.34. The highest BCUT2D eigenvalue weighted by atomic mass is 16.5. The minimum Gasteiger partial charge on any atom is -0.481 e. The molecule has 0 aliphatic carbocycles. The normalized spacial score (nSPS) is 12.4. The molecule has 0 saturated carbocycles. The average molecular weight is 275 g/mol. The number of aromatic nitrogens is 2. The number of benzene rings is 1. The van der Waals surface area contributed by atoms with Gasteiger partial charge in [0.05, 0.1) is 31.0 Å². The molecule has 20 heavy (non-hydrogen) atoms. The van der Waals surface area contributed by atoms with Crippen molar-refractivity contribution in [2.75, 3.05) is 13.7 Å². The van der Waals surface area contributed by atoms with Crippen molar-refractivity contribution in [1.29, 1.82) is 0 Å². The van der Waals surface area contributed by atoms with E-state index in [-0.39, 0.29) is 12.6 Å². The Labute approximate surface area is 119 Å². The van der Waals surface area contributed by atoms with Crippen molar-refractivity contribution in [2.24, 2.45) is 7.05 Å². The summed E-state index contributed by atoms with van der Waals surface area (Å²) < 4.78 is 7.09. The SMILES string of the molecule is COc1c(CN[C@H](CO)c2ccccc2)c(C)nn1C. The molecule has 0 radical (unpaired) electrons. The molecule has 1 atom stereocenters. The lowest BCUT2D eigenvalue weighted by atomic mass is 10.1. The van der Waals surface area contributed by atoms with E-state index in [9.17, 15) is 5.11 Å². The number of nitrogens with one attached hydrogen (secondary N) is 1. The topological polar surface area (TPSA) is 59.3 Å². The van der Waals surface area contributed by atoms with E-state index >= 15 is 0 Å². The highest BCUT2D eigenvalue weighted by Crippen LogP contribution is 2.22. The van der Waals surface area contributed by atoms with Gasteiger partial charge in [-0.25, -0.2) is 4.68 Å². The molecule has 0 saturated heterocycles. The van der Waals surface area contributed by atoms with Gasteiger partial charge in [0, 0.05) is 13.6 Å². The minimum absolute atomic E-state index is 0.0473. The Morgan fingerprint density at radius 2 is 2.05 bits per heavy atom. The summed E-state index contributed by atoms with van der Waals surface area (Å²) in [5.74, 6) is 0.750. The van der Waals surface area contributed by atoms with Gasteiger partial charge in [-0.2, -0.15) is 5.10 Å². The molecular formula is C15H21N3O2. The van der Waals surface area contributed by atoms with E-state index in [0.29, 0.717) is 6.54 Å². The van der Waals surface area contributed by atoms with E-state index in [2.05, 4.69) is 10.4 Å². The summed E-state index contributed by atoms with van der Waals surface area (Å²) in [5, 5.41) is 17.2. The molecule has 0 unspecified atom stereocenters. The van der Waals surface area contributed by atoms with Crippen LogP contribution in [0.3, 0.4) is 0 Å². The fraction of sp³-hybridized carbons (Fsp3) is 0.400. The molecule has 2 rings (SSSR count). The van der Waals surface area contributed by atoms with Gasteiger partial charge < -0.3 is 15.2 Å². The number of methoxy groups -OCH3 is 1. The first-order valence-electron chi connectivity index (χ1n) is 6.63. The van der Waals surface area contributed by atoms with Crippen LogP contribution in [-0.2, 0) is 13.6 Å². The third kappa shape index (κ3) is 3.00. The maximum atomic E-state index is 9.54. The van der Waals surface area contributed by atoms with Crippen molar-refractivity contribution in [3.8, 4) is 5.88 Å². The second-order valence-corrected chi connectivity index (χ2v) is 4.72. The van der Waals surface area contributed by atoms with Crippen LogP contribution in [0.2, 0.25) is 0 Å². The van der Waals surface area contributed by atoms with Crippen molar-refractivity contribution >= 4 is 0 Å². The Morgan fingerprint density at radius 1 is 1.35 bits per heavy atom. The smallest absolute Gasteiger partial charge is 0.216 e.